The molecule has 0 atom stereocenters. The lowest BCUT2D eigenvalue weighted by atomic mass is 10.1. The fourth-order valence-electron chi connectivity index (χ4n) is 2.95. The van der Waals surface area contributed by atoms with Crippen LogP contribution in [0.2, 0.25) is 0 Å². The number of benzene rings is 2. The first-order valence-electron chi connectivity index (χ1n) is 9.16. The first-order valence-corrected chi connectivity index (χ1v) is 9.16. The highest BCUT2D eigenvalue weighted by Gasteiger charge is 2.23. The van der Waals surface area contributed by atoms with E-state index in [1.165, 1.54) is 12.0 Å². The Balaban J connectivity index is 2.03. The second kappa shape index (κ2) is 9.05. The summed E-state index contributed by atoms with van der Waals surface area (Å²) in [4.78, 5) is 26.1. The molecule has 0 bridgehead atoms. The number of hydrogen-bond acceptors (Lipinski definition) is 5. The number of carbonyl (C=O) groups is 2. The van der Waals surface area contributed by atoms with Crippen molar-refractivity contribution >= 4 is 11.9 Å². The van der Waals surface area contributed by atoms with E-state index in [9.17, 15) is 9.59 Å². The standard InChI is InChI=1S/C22H23N3O4/c1-24(14-13-20(26)29-3)22(27)18-15-25(16-9-5-4-6-10-16)23-21(18)17-11-7-8-12-19(17)28-2/h4-12,15H,13-14H2,1-3H3. The molecule has 0 radical (unpaired) electrons. The number of ether oxygens (including phenoxy) is 2. The predicted molar refractivity (Wildman–Crippen MR) is 109 cm³/mol. The number of para-hydroxylation sites is 2. The summed E-state index contributed by atoms with van der Waals surface area (Å²) >= 11 is 0. The van der Waals surface area contributed by atoms with Crippen molar-refractivity contribution in [1.29, 1.82) is 0 Å². The van der Waals surface area contributed by atoms with Gasteiger partial charge in [-0.3, -0.25) is 9.59 Å². The summed E-state index contributed by atoms with van der Waals surface area (Å²) in [7, 11) is 4.56. The fourth-order valence-corrected chi connectivity index (χ4v) is 2.95. The average Bonchev–Trinajstić information content (AvgIpc) is 3.22. The summed E-state index contributed by atoms with van der Waals surface area (Å²) in [6.07, 6.45) is 1.82. The molecule has 0 saturated heterocycles. The number of rotatable bonds is 7. The molecule has 0 aliphatic carbocycles. The van der Waals surface area contributed by atoms with Crippen LogP contribution in [0.15, 0.2) is 60.8 Å². The summed E-state index contributed by atoms with van der Waals surface area (Å²) in [6, 6.07) is 17.0. The Hall–Kier alpha value is -3.61. The van der Waals surface area contributed by atoms with Crippen LogP contribution < -0.4 is 4.74 Å². The molecule has 1 aromatic heterocycles. The number of amides is 1. The lowest BCUT2D eigenvalue weighted by molar-refractivity contribution is -0.140. The third-order valence-electron chi connectivity index (χ3n) is 4.55. The summed E-state index contributed by atoms with van der Waals surface area (Å²) in [6.45, 7) is 0.243. The van der Waals surface area contributed by atoms with Crippen molar-refractivity contribution in [2.75, 3.05) is 27.8 Å². The van der Waals surface area contributed by atoms with E-state index in [0.29, 0.717) is 17.0 Å². The third kappa shape index (κ3) is 4.45. The van der Waals surface area contributed by atoms with Gasteiger partial charge >= 0.3 is 5.97 Å². The van der Waals surface area contributed by atoms with Crippen molar-refractivity contribution in [2.45, 2.75) is 6.42 Å². The van der Waals surface area contributed by atoms with Gasteiger partial charge in [-0.1, -0.05) is 30.3 Å². The Labute approximate surface area is 169 Å². The van der Waals surface area contributed by atoms with Crippen molar-refractivity contribution in [3.8, 4) is 22.7 Å². The molecule has 0 fully saturated rings. The zero-order valence-electron chi connectivity index (χ0n) is 16.7. The minimum Gasteiger partial charge on any atom is -0.496 e. The molecule has 0 unspecified atom stereocenters. The smallest absolute Gasteiger partial charge is 0.307 e. The summed E-state index contributed by atoms with van der Waals surface area (Å²) in [5.41, 5.74) is 2.49. The van der Waals surface area contributed by atoms with E-state index in [2.05, 4.69) is 9.84 Å². The quantitative estimate of drug-likeness (QED) is 0.577. The van der Waals surface area contributed by atoms with E-state index < -0.39 is 0 Å². The molecule has 0 spiro atoms. The van der Waals surface area contributed by atoms with E-state index in [0.717, 1.165) is 11.3 Å². The van der Waals surface area contributed by atoms with Crippen LogP contribution in [0.5, 0.6) is 5.75 Å². The van der Waals surface area contributed by atoms with Crippen LogP contribution in [-0.4, -0.2) is 54.4 Å². The Morgan fingerprint density at radius 2 is 1.72 bits per heavy atom. The van der Waals surface area contributed by atoms with E-state index in [4.69, 9.17) is 4.74 Å². The Bertz CT molecular complexity index is 998. The number of methoxy groups -OCH3 is 2. The molecule has 0 aliphatic heterocycles. The number of esters is 1. The number of aromatic nitrogens is 2. The monoisotopic (exact) mass is 393 g/mol. The molecular weight excluding hydrogens is 370 g/mol. The van der Waals surface area contributed by atoms with Crippen LogP contribution in [-0.2, 0) is 9.53 Å². The van der Waals surface area contributed by atoms with E-state index in [1.807, 2.05) is 54.6 Å². The Morgan fingerprint density at radius 1 is 1.03 bits per heavy atom. The minimum absolute atomic E-state index is 0.121. The first-order chi connectivity index (χ1) is 14.0. The van der Waals surface area contributed by atoms with Gasteiger partial charge in [0.15, 0.2) is 0 Å². The van der Waals surface area contributed by atoms with Gasteiger partial charge in [0.2, 0.25) is 0 Å². The molecule has 3 rings (SSSR count). The normalized spacial score (nSPS) is 10.4. The fraction of sp³-hybridized carbons (Fsp3) is 0.227. The van der Waals surface area contributed by atoms with E-state index >= 15 is 0 Å². The molecule has 2 aromatic carbocycles. The largest absolute Gasteiger partial charge is 0.496 e. The van der Waals surface area contributed by atoms with Gasteiger partial charge in [-0.2, -0.15) is 5.10 Å². The highest BCUT2D eigenvalue weighted by molar-refractivity contribution is 6.00. The molecule has 1 heterocycles. The maximum absolute atomic E-state index is 13.2. The average molecular weight is 393 g/mol. The van der Waals surface area contributed by atoms with Crippen molar-refractivity contribution in [1.82, 2.24) is 14.7 Å². The molecule has 7 nitrogen and oxygen atoms in total. The van der Waals surface area contributed by atoms with E-state index in [1.54, 1.807) is 25.0 Å². The van der Waals surface area contributed by atoms with Crippen molar-refractivity contribution in [3.63, 3.8) is 0 Å². The lowest BCUT2D eigenvalue weighted by Crippen LogP contribution is -2.29. The van der Waals surface area contributed by atoms with Crippen LogP contribution in [0.3, 0.4) is 0 Å². The molecule has 150 valence electrons. The zero-order chi connectivity index (χ0) is 20.8. The molecule has 0 N–H and O–H groups in total. The van der Waals surface area contributed by atoms with Crippen molar-refractivity contribution < 1.29 is 19.1 Å². The molecule has 0 aliphatic rings. The van der Waals surface area contributed by atoms with Gasteiger partial charge in [0.05, 0.1) is 31.9 Å². The van der Waals surface area contributed by atoms with Crippen LogP contribution in [0.1, 0.15) is 16.8 Å². The predicted octanol–water partition coefficient (Wildman–Crippen LogP) is 3.18. The molecule has 3 aromatic rings. The van der Waals surface area contributed by atoms with Gasteiger partial charge in [-0.15, -0.1) is 0 Å². The summed E-state index contributed by atoms with van der Waals surface area (Å²) in [5, 5.41) is 4.67. The van der Waals surface area contributed by atoms with Crippen molar-refractivity contribution in [3.05, 3.63) is 66.4 Å². The van der Waals surface area contributed by atoms with Gasteiger partial charge in [-0.05, 0) is 24.3 Å². The Kier molecular flexibility index (Phi) is 6.29. The minimum atomic E-state index is -0.366. The molecule has 7 heteroatoms. The summed E-state index contributed by atoms with van der Waals surface area (Å²) < 4.78 is 11.8. The van der Waals surface area contributed by atoms with Gasteiger partial charge in [0.25, 0.3) is 5.91 Å². The summed E-state index contributed by atoms with van der Waals surface area (Å²) in [5.74, 6) is 0.0173. The van der Waals surface area contributed by atoms with Crippen LogP contribution in [0.25, 0.3) is 16.9 Å². The number of nitrogens with zero attached hydrogens (tertiary/aromatic N) is 3. The van der Waals surface area contributed by atoms with Crippen molar-refractivity contribution in [2.24, 2.45) is 0 Å². The van der Waals surface area contributed by atoms with E-state index in [-0.39, 0.29) is 24.8 Å². The zero-order valence-corrected chi connectivity index (χ0v) is 16.7. The van der Waals surface area contributed by atoms with Gasteiger partial charge in [0, 0.05) is 25.4 Å². The Morgan fingerprint density at radius 3 is 2.41 bits per heavy atom. The third-order valence-corrected chi connectivity index (χ3v) is 4.55. The SMILES string of the molecule is COC(=O)CCN(C)C(=O)c1cn(-c2ccccc2)nc1-c1ccccc1OC. The molecular formula is C22H23N3O4. The van der Waals surface area contributed by atoms with Gasteiger partial charge in [-0.25, -0.2) is 4.68 Å². The number of carbonyl (C=O) groups excluding carboxylic acids is 2. The topological polar surface area (TPSA) is 73.7 Å². The first kappa shape index (κ1) is 20.1. The maximum atomic E-state index is 13.2. The highest BCUT2D eigenvalue weighted by atomic mass is 16.5. The van der Waals surface area contributed by atoms with Gasteiger partial charge in [0.1, 0.15) is 11.4 Å². The second-order valence-corrected chi connectivity index (χ2v) is 6.42. The van der Waals surface area contributed by atoms with Gasteiger partial charge < -0.3 is 14.4 Å². The second-order valence-electron chi connectivity index (χ2n) is 6.42. The molecule has 1 amide bonds. The highest BCUT2D eigenvalue weighted by Crippen LogP contribution is 2.32. The van der Waals surface area contributed by atoms with Crippen LogP contribution >= 0.6 is 0 Å². The van der Waals surface area contributed by atoms with Crippen LogP contribution in [0, 0.1) is 0 Å². The van der Waals surface area contributed by atoms with Crippen LogP contribution in [0.4, 0.5) is 0 Å². The lowest BCUT2D eigenvalue weighted by Gasteiger charge is -2.16. The molecule has 0 saturated carbocycles. The molecule has 29 heavy (non-hydrogen) atoms. The number of hydrogen-bond donors (Lipinski definition) is 0. The maximum Gasteiger partial charge on any atom is 0.307 e.